The minimum Gasteiger partial charge on any atom is -0.477 e. The van der Waals surface area contributed by atoms with Crippen molar-refractivity contribution in [3.63, 3.8) is 0 Å². The van der Waals surface area contributed by atoms with Crippen LogP contribution in [0.1, 0.15) is 15.4 Å². The summed E-state index contributed by atoms with van der Waals surface area (Å²) < 4.78 is 51.2. The fourth-order valence-electron chi connectivity index (χ4n) is 1.30. The van der Waals surface area contributed by atoms with Gasteiger partial charge in [0.2, 0.25) is 0 Å². The lowest BCUT2D eigenvalue weighted by atomic mass is 10.3. The average molecular weight is 292 g/mol. The van der Waals surface area contributed by atoms with Crippen molar-refractivity contribution < 1.29 is 27.5 Å². The molecule has 0 atom stereocenters. The Labute approximate surface area is 107 Å². The van der Waals surface area contributed by atoms with Crippen LogP contribution in [0.3, 0.4) is 0 Å². The highest BCUT2D eigenvalue weighted by atomic mass is 32.1. The van der Waals surface area contributed by atoms with Crippen LogP contribution in [0.4, 0.5) is 17.6 Å². The molecule has 0 radical (unpaired) electrons. The van der Waals surface area contributed by atoms with Crippen LogP contribution >= 0.6 is 11.3 Å². The van der Waals surface area contributed by atoms with Gasteiger partial charge in [0.05, 0.1) is 0 Å². The Balaban J connectivity index is 2.62. The second kappa shape index (κ2) is 4.57. The number of hydrogen-bond acceptors (Lipinski definition) is 4. The molecule has 9 heteroatoms. The first-order valence-electron chi connectivity index (χ1n) is 4.73. The molecule has 0 unspecified atom stereocenters. The van der Waals surface area contributed by atoms with Crippen LogP contribution < -0.4 is 0 Å². The van der Waals surface area contributed by atoms with Crippen LogP contribution in [0.2, 0.25) is 0 Å². The highest BCUT2D eigenvalue weighted by molar-refractivity contribution is 7.17. The van der Waals surface area contributed by atoms with Gasteiger partial charge in [-0.05, 0) is 12.1 Å². The van der Waals surface area contributed by atoms with Crippen LogP contribution in [0.25, 0.3) is 10.7 Å². The van der Waals surface area contributed by atoms with E-state index in [1.54, 1.807) is 0 Å². The van der Waals surface area contributed by atoms with E-state index in [0.717, 1.165) is 6.07 Å². The molecule has 0 aliphatic heterocycles. The molecule has 100 valence electrons. The van der Waals surface area contributed by atoms with Gasteiger partial charge in [-0.3, -0.25) is 4.98 Å². The van der Waals surface area contributed by atoms with Crippen molar-refractivity contribution in [3.8, 4) is 10.7 Å². The normalized spacial score (nSPS) is 11.6. The van der Waals surface area contributed by atoms with Crippen molar-refractivity contribution in [2.24, 2.45) is 0 Å². The van der Waals surface area contributed by atoms with E-state index in [1.807, 2.05) is 0 Å². The first-order valence-corrected chi connectivity index (χ1v) is 5.54. The summed E-state index contributed by atoms with van der Waals surface area (Å²) in [6, 6.07) is 2.26. The number of carbonyl (C=O) groups is 1. The average Bonchev–Trinajstić information content (AvgIpc) is 2.74. The summed E-state index contributed by atoms with van der Waals surface area (Å²) in [5.74, 6) is -2.64. The Morgan fingerprint density at radius 3 is 2.53 bits per heavy atom. The van der Waals surface area contributed by atoms with E-state index in [4.69, 9.17) is 5.11 Å². The molecule has 19 heavy (non-hydrogen) atoms. The molecule has 0 aliphatic carbocycles. The lowest BCUT2D eigenvalue weighted by Gasteiger charge is -2.02. The standard InChI is InChI=1S/C10H4F4N2O2S/c11-4-2-1-3-15-5(4)8-16-7(10(12,13)14)6(19-8)9(17)18/h1-3H,(H,17,18). The van der Waals surface area contributed by atoms with E-state index in [-0.39, 0.29) is 11.3 Å². The molecule has 0 aliphatic rings. The maximum Gasteiger partial charge on any atom is 0.435 e. The van der Waals surface area contributed by atoms with E-state index < -0.39 is 39.2 Å². The Kier molecular flexibility index (Phi) is 3.23. The molecule has 4 nitrogen and oxygen atoms in total. The zero-order valence-corrected chi connectivity index (χ0v) is 9.72. The summed E-state index contributed by atoms with van der Waals surface area (Å²) in [5.41, 5.74) is -1.96. The number of alkyl halides is 3. The van der Waals surface area contributed by atoms with Crippen molar-refractivity contribution in [1.82, 2.24) is 9.97 Å². The van der Waals surface area contributed by atoms with Crippen LogP contribution in [0.5, 0.6) is 0 Å². The third kappa shape index (κ3) is 2.55. The second-order valence-corrected chi connectivity index (χ2v) is 4.33. The lowest BCUT2D eigenvalue weighted by molar-refractivity contribution is -0.141. The van der Waals surface area contributed by atoms with Gasteiger partial charge < -0.3 is 5.11 Å². The Morgan fingerprint density at radius 2 is 2.05 bits per heavy atom. The predicted molar refractivity (Wildman–Crippen MR) is 57.3 cm³/mol. The lowest BCUT2D eigenvalue weighted by Crippen LogP contribution is -2.11. The van der Waals surface area contributed by atoms with Gasteiger partial charge in [0.25, 0.3) is 0 Å². The molecule has 2 rings (SSSR count). The van der Waals surface area contributed by atoms with E-state index in [9.17, 15) is 22.4 Å². The van der Waals surface area contributed by atoms with Gasteiger partial charge in [0.1, 0.15) is 15.6 Å². The molecule has 2 aromatic rings. The topological polar surface area (TPSA) is 63.1 Å². The fourth-order valence-corrected chi connectivity index (χ4v) is 2.22. The molecule has 2 aromatic heterocycles. The molecule has 0 aromatic carbocycles. The molecule has 0 spiro atoms. The number of pyridine rings is 1. The summed E-state index contributed by atoms with van der Waals surface area (Å²) in [4.78, 5) is 16.5. The third-order valence-corrected chi connectivity index (χ3v) is 3.10. The summed E-state index contributed by atoms with van der Waals surface area (Å²) in [6.07, 6.45) is -3.75. The number of aromatic nitrogens is 2. The van der Waals surface area contributed by atoms with Crippen molar-refractivity contribution in [2.75, 3.05) is 0 Å². The van der Waals surface area contributed by atoms with Crippen molar-refractivity contribution in [1.29, 1.82) is 0 Å². The van der Waals surface area contributed by atoms with Crippen molar-refractivity contribution >= 4 is 17.3 Å². The predicted octanol–water partition coefficient (Wildman–Crippen LogP) is 3.06. The molecule has 0 amide bonds. The SMILES string of the molecule is O=C(O)c1sc(-c2ncccc2F)nc1C(F)(F)F. The van der Waals surface area contributed by atoms with E-state index in [0.29, 0.717) is 0 Å². The molecular weight excluding hydrogens is 288 g/mol. The Bertz CT molecular complexity index is 639. The van der Waals surface area contributed by atoms with Gasteiger partial charge in [0.15, 0.2) is 11.5 Å². The monoisotopic (exact) mass is 292 g/mol. The Morgan fingerprint density at radius 1 is 1.37 bits per heavy atom. The minimum absolute atomic E-state index is 0.229. The number of halogens is 4. The van der Waals surface area contributed by atoms with Crippen molar-refractivity contribution in [3.05, 3.63) is 34.7 Å². The summed E-state index contributed by atoms with van der Waals surface area (Å²) in [5, 5.41) is 8.29. The number of nitrogens with zero attached hydrogens (tertiary/aromatic N) is 2. The largest absolute Gasteiger partial charge is 0.477 e. The van der Waals surface area contributed by atoms with Gasteiger partial charge in [0, 0.05) is 6.20 Å². The summed E-state index contributed by atoms with van der Waals surface area (Å²) in [6.45, 7) is 0. The smallest absolute Gasteiger partial charge is 0.435 e. The highest BCUT2D eigenvalue weighted by Gasteiger charge is 2.40. The van der Waals surface area contributed by atoms with E-state index in [1.165, 1.54) is 12.3 Å². The minimum atomic E-state index is -4.92. The highest BCUT2D eigenvalue weighted by Crippen LogP contribution is 2.37. The molecule has 0 saturated heterocycles. The number of carboxylic acids is 1. The maximum atomic E-state index is 13.4. The molecule has 0 bridgehead atoms. The van der Waals surface area contributed by atoms with E-state index >= 15 is 0 Å². The van der Waals surface area contributed by atoms with Crippen LogP contribution in [-0.2, 0) is 6.18 Å². The number of carboxylic acid groups (broad SMARTS) is 1. The number of hydrogen-bond donors (Lipinski definition) is 1. The first-order chi connectivity index (χ1) is 8.80. The van der Waals surface area contributed by atoms with Crippen molar-refractivity contribution in [2.45, 2.75) is 6.18 Å². The second-order valence-electron chi connectivity index (χ2n) is 3.33. The number of rotatable bonds is 2. The third-order valence-electron chi connectivity index (χ3n) is 2.05. The van der Waals surface area contributed by atoms with Gasteiger partial charge in [-0.1, -0.05) is 0 Å². The zero-order chi connectivity index (χ0) is 14.2. The van der Waals surface area contributed by atoms with Crippen LogP contribution in [0, 0.1) is 5.82 Å². The van der Waals surface area contributed by atoms with Crippen LogP contribution in [-0.4, -0.2) is 21.0 Å². The quantitative estimate of drug-likeness (QED) is 0.864. The molecule has 0 fully saturated rings. The molecule has 0 saturated carbocycles. The van der Waals surface area contributed by atoms with E-state index in [2.05, 4.69) is 9.97 Å². The fraction of sp³-hybridized carbons (Fsp3) is 0.100. The van der Waals surface area contributed by atoms with Gasteiger partial charge >= 0.3 is 12.1 Å². The molecule has 2 heterocycles. The Hall–Kier alpha value is -2.03. The van der Waals surface area contributed by atoms with Gasteiger partial charge in [-0.25, -0.2) is 14.2 Å². The zero-order valence-electron chi connectivity index (χ0n) is 8.90. The maximum absolute atomic E-state index is 13.4. The summed E-state index contributed by atoms with van der Waals surface area (Å²) in [7, 11) is 0. The van der Waals surface area contributed by atoms with Crippen LogP contribution in [0.15, 0.2) is 18.3 Å². The van der Waals surface area contributed by atoms with Gasteiger partial charge in [-0.15, -0.1) is 11.3 Å². The first kappa shape index (κ1) is 13.4. The van der Waals surface area contributed by atoms with Gasteiger partial charge in [-0.2, -0.15) is 13.2 Å². The summed E-state index contributed by atoms with van der Waals surface area (Å²) >= 11 is 0.229. The molecule has 1 N–H and O–H groups in total. The number of thiazole rings is 1. The number of aromatic carboxylic acids is 1. The molecular formula is C10H4F4N2O2S.